The first-order valence-corrected chi connectivity index (χ1v) is 7.76. The highest BCUT2D eigenvalue weighted by Gasteiger charge is 2.36. The molecule has 0 amide bonds. The summed E-state index contributed by atoms with van der Waals surface area (Å²) in [7, 11) is -3.53. The van der Waals surface area contributed by atoms with Crippen molar-refractivity contribution in [1.29, 1.82) is 0 Å². The Bertz CT molecular complexity index is 240. The van der Waals surface area contributed by atoms with Crippen LogP contribution >= 0.6 is 19.7 Å². The highest BCUT2D eigenvalue weighted by atomic mass is 35.5. The van der Waals surface area contributed by atoms with E-state index in [9.17, 15) is 4.57 Å². The van der Waals surface area contributed by atoms with E-state index < -0.39 is 7.82 Å². The summed E-state index contributed by atoms with van der Waals surface area (Å²) in [5, 5.41) is 0. The number of phosphoric ester groups is 1. The van der Waals surface area contributed by atoms with Crippen molar-refractivity contribution in [3.63, 3.8) is 0 Å². The van der Waals surface area contributed by atoms with Crippen molar-refractivity contribution in [2.75, 3.05) is 0 Å². The van der Waals surface area contributed by atoms with Gasteiger partial charge in [-0.15, -0.1) is 0 Å². The van der Waals surface area contributed by atoms with E-state index in [1.807, 2.05) is 0 Å². The van der Waals surface area contributed by atoms with E-state index >= 15 is 0 Å². The molecule has 94 valence electrons. The third-order valence-electron chi connectivity index (χ3n) is 3.25. The van der Waals surface area contributed by atoms with E-state index in [4.69, 9.17) is 20.9 Å². The molecule has 2 saturated carbocycles. The van der Waals surface area contributed by atoms with E-state index in [0.717, 1.165) is 51.4 Å². The van der Waals surface area contributed by atoms with Crippen LogP contribution in [-0.4, -0.2) is 12.2 Å². The topological polar surface area (TPSA) is 44.8 Å². The van der Waals surface area contributed by atoms with Gasteiger partial charge in [0.2, 0.25) is 0 Å². The molecule has 0 aromatic rings. The van der Waals surface area contributed by atoms with E-state index in [1.54, 1.807) is 0 Å². The molecule has 16 heavy (non-hydrogen) atoms. The first kappa shape index (κ1) is 12.8. The van der Waals surface area contributed by atoms with Gasteiger partial charge in [0.25, 0.3) is 0 Å². The maximum Gasteiger partial charge on any atom is 0.491 e. The molecular formula is C10H18ClO4P. The zero-order valence-corrected chi connectivity index (χ0v) is 10.9. The van der Waals surface area contributed by atoms with Gasteiger partial charge in [0.1, 0.15) is 0 Å². The van der Waals surface area contributed by atoms with E-state index in [-0.39, 0.29) is 12.2 Å². The van der Waals surface area contributed by atoms with Gasteiger partial charge >= 0.3 is 7.82 Å². The Morgan fingerprint density at radius 2 is 1.25 bits per heavy atom. The van der Waals surface area contributed by atoms with Crippen LogP contribution in [0, 0.1) is 0 Å². The Hall–Kier alpha value is 0.400. The van der Waals surface area contributed by atoms with Gasteiger partial charge < -0.3 is 0 Å². The van der Waals surface area contributed by atoms with Gasteiger partial charge in [0, 0.05) is 0 Å². The molecule has 6 heteroatoms. The fraction of sp³-hybridized carbons (Fsp3) is 1.00. The van der Waals surface area contributed by atoms with Crippen LogP contribution in [0.1, 0.15) is 51.4 Å². The van der Waals surface area contributed by atoms with Crippen LogP contribution in [-0.2, 0) is 17.7 Å². The van der Waals surface area contributed by atoms with Crippen molar-refractivity contribution in [3.8, 4) is 0 Å². The predicted molar refractivity (Wildman–Crippen MR) is 61.2 cm³/mol. The summed E-state index contributed by atoms with van der Waals surface area (Å²) in [5.41, 5.74) is 0. The molecule has 2 fully saturated rings. The molecule has 0 unspecified atom stereocenters. The summed E-state index contributed by atoms with van der Waals surface area (Å²) in [4.78, 5) is 0. The molecule has 0 aromatic heterocycles. The molecule has 0 aromatic carbocycles. The molecule has 2 aliphatic rings. The molecule has 0 heterocycles. The van der Waals surface area contributed by atoms with Gasteiger partial charge in [0.15, 0.2) is 0 Å². The van der Waals surface area contributed by atoms with Gasteiger partial charge in [-0.1, -0.05) is 25.7 Å². The van der Waals surface area contributed by atoms with Crippen LogP contribution in [0.15, 0.2) is 0 Å². The van der Waals surface area contributed by atoms with Gasteiger partial charge in [0.05, 0.1) is 24.1 Å². The Kier molecular flexibility index (Phi) is 4.68. The van der Waals surface area contributed by atoms with Crippen molar-refractivity contribution in [2.24, 2.45) is 0 Å². The minimum atomic E-state index is -3.53. The van der Waals surface area contributed by atoms with Crippen molar-refractivity contribution in [3.05, 3.63) is 0 Å². The van der Waals surface area contributed by atoms with E-state index in [0.29, 0.717) is 0 Å². The SMILES string of the molecule is O=P(OCl)(OC1CCCC1)OC1CCCC1. The maximum atomic E-state index is 12.1. The summed E-state index contributed by atoms with van der Waals surface area (Å²) in [6.07, 6.45) is 8.05. The second-order valence-electron chi connectivity index (χ2n) is 4.54. The average Bonchev–Trinajstić information content (AvgIpc) is 2.91. The molecule has 0 aliphatic heterocycles. The predicted octanol–water partition coefficient (Wildman–Crippen LogP) is 4.18. The second kappa shape index (κ2) is 5.83. The van der Waals surface area contributed by atoms with Crippen LogP contribution in [0.3, 0.4) is 0 Å². The molecule has 0 radical (unpaired) electrons. The third-order valence-corrected chi connectivity index (χ3v) is 5.03. The Morgan fingerprint density at radius 1 is 0.875 bits per heavy atom. The van der Waals surface area contributed by atoms with Crippen molar-refractivity contribution >= 4 is 19.7 Å². The monoisotopic (exact) mass is 268 g/mol. The largest absolute Gasteiger partial charge is 0.491 e. The zero-order valence-electron chi connectivity index (χ0n) is 9.27. The van der Waals surface area contributed by atoms with Crippen molar-refractivity contribution in [1.82, 2.24) is 0 Å². The van der Waals surface area contributed by atoms with Gasteiger partial charge in [-0.3, -0.25) is 9.05 Å². The van der Waals surface area contributed by atoms with E-state index in [2.05, 4.69) is 4.08 Å². The van der Waals surface area contributed by atoms with Crippen LogP contribution in [0.4, 0.5) is 0 Å². The molecular weight excluding hydrogens is 251 g/mol. The minimum Gasteiger partial charge on any atom is -0.283 e. The number of halogens is 1. The van der Waals surface area contributed by atoms with Gasteiger partial charge in [-0.2, -0.15) is 4.08 Å². The molecule has 4 nitrogen and oxygen atoms in total. The number of rotatable bonds is 5. The zero-order chi connectivity index (χ0) is 11.4. The lowest BCUT2D eigenvalue weighted by Gasteiger charge is -2.21. The molecule has 0 saturated heterocycles. The smallest absolute Gasteiger partial charge is 0.283 e. The normalized spacial score (nSPS) is 24.3. The lowest BCUT2D eigenvalue weighted by Crippen LogP contribution is -2.12. The van der Waals surface area contributed by atoms with Crippen molar-refractivity contribution in [2.45, 2.75) is 63.6 Å². The fourth-order valence-corrected chi connectivity index (χ4v) is 3.87. The van der Waals surface area contributed by atoms with Crippen LogP contribution in [0.25, 0.3) is 0 Å². The summed E-state index contributed by atoms with van der Waals surface area (Å²) < 4.78 is 27.3. The standard InChI is InChI=1S/C10H18ClO4P/c11-15-16(12,13-9-5-1-2-6-9)14-10-7-3-4-8-10/h9-10H,1-8H2. The summed E-state index contributed by atoms with van der Waals surface area (Å²) in [6, 6.07) is 0. The van der Waals surface area contributed by atoms with Crippen LogP contribution in [0.5, 0.6) is 0 Å². The summed E-state index contributed by atoms with van der Waals surface area (Å²) >= 11 is 5.25. The van der Waals surface area contributed by atoms with Gasteiger partial charge in [-0.25, -0.2) is 4.57 Å². The minimum absolute atomic E-state index is 0.0222. The van der Waals surface area contributed by atoms with Crippen LogP contribution in [0.2, 0.25) is 0 Å². The number of hydrogen-bond acceptors (Lipinski definition) is 4. The van der Waals surface area contributed by atoms with Crippen molar-refractivity contribution < 1.29 is 17.7 Å². The maximum absolute atomic E-state index is 12.1. The second-order valence-corrected chi connectivity index (χ2v) is 6.41. The number of phosphoric acid groups is 1. The lowest BCUT2D eigenvalue weighted by atomic mass is 10.3. The summed E-state index contributed by atoms with van der Waals surface area (Å²) in [5.74, 6) is 0. The van der Waals surface area contributed by atoms with E-state index in [1.165, 1.54) is 0 Å². The summed E-state index contributed by atoms with van der Waals surface area (Å²) in [6.45, 7) is 0. The molecule has 0 N–H and O–H groups in total. The average molecular weight is 269 g/mol. The highest BCUT2D eigenvalue weighted by Crippen LogP contribution is 2.55. The Morgan fingerprint density at radius 3 is 1.56 bits per heavy atom. The fourth-order valence-electron chi connectivity index (χ4n) is 2.41. The Labute approximate surface area is 101 Å². The molecule has 0 spiro atoms. The van der Waals surface area contributed by atoms with Gasteiger partial charge in [-0.05, 0) is 25.7 Å². The number of hydrogen-bond donors (Lipinski definition) is 0. The van der Waals surface area contributed by atoms with Crippen LogP contribution < -0.4 is 0 Å². The molecule has 2 rings (SSSR count). The molecule has 0 atom stereocenters. The first-order valence-electron chi connectivity index (χ1n) is 5.99. The third kappa shape index (κ3) is 3.44. The molecule has 0 bridgehead atoms. The Balaban J connectivity index is 1.86. The molecule has 2 aliphatic carbocycles. The first-order chi connectivity index (χ1) is 7.72. The highest BCUT2D eigenvalue weighted by molar-refractivity contribution is 7.49. The quantitative estimate of drug-likeness (QED) is 0.702. The lowest BCUT2D eigenvalue weighted by molar-refractivity contribution is 0.0849.